The lowest BCUT2D eigenvalue weighted by atomic mass is 10.1. The molecule has 0 spiro atoms. The molecule has 4 rings (SSSR count). The molecule has 0 aliphatic heterocycles. The second-order valence-corrected chi connectivity index (χ2v) is 6.93. The first-order valence-corrected chi connectivity index (χ1v) is 9.81. The maximum atomic E-state index is 8.29. The Morgan fingerprint density at radius 3 is 2.57 bits per heavy atom. The van der Waals surface area contributed by atoms with Gasteiger partial charge in [0.1, 0.15) is 5.82 Å². The van der Waals surface area contributed by atoms with Crippen molar-refractivity contribution >= 4 is 23.2 Å². The van der Waals surface area contributed by atoms with Crippen LogP contribution in [0, 0.1) is 6.92 Å². The van der Waals surface area contributed by atoms with E-state index in [0.717, 1.165) is 28.2 Å². The molecule has 4 aromatic rings. The third-order valence-electron chi connectivity index (χ3n) is 4.44. The maximum Gasteiger partial charge on any atom is 0.335 e. The SMILES string of the molecule is Cc1nc(NCc2ccccc2-c2nnnn2C)n2ncc(C(C)C)c2n1.O=S=O. The highest BCUT2D eigenvalue weighted by Gasteiger charge is 2.15. The van der Waals surface area contributed by atoms with E-state index in [0.29, 0.717) is 24.2 Å². The van der Waals surface area contributed by atoms with Crippen LogP contribution in [-0.2, 0) is 25.2 Å². The summed E-state index contributed by atoms with van der Waals surface area (Å²) in [7, 11) is 1.83. The fourth-order valence-corrected chi connectivity index (χ4v) is 3.05. The Balaban J connectivity index is 0.000000806. The molecule has 0 aliphatic carbocycles. The number of fused-ring (bicyclic) bond motifs is 1. The highest BCUT2D eigenvalue weighted by atomic mass is 32.1. The Labute approximate surface area is 176 Å². The minimum Gasteiger partial charge on any atom is -0.350 e. The fraction of sp³-hybridized carbons (Fsp3) is 0.333. The minimum atomic E-state index is -0.750. The lowest BCUT2D eigenvalue weighted by Crippen LogP contribution is -2.11. The van der Waals surface area contributed by atoms with Gasteiger partial charge in [-0.2, -0.15) is 23.0 Å². The van der Waals surface area contributed by atoms with Crippen LogP contribution in [0.25, 0.3) is 17.0 Å². The lowest BCUT2D eigenvalue weighted by Gasteiger charge is -2.11. The third kappa shape index (κ3) is 4.38. The van der Waals surface area contributed by atoms with E-state index >= 15 is 0 Å². The van der Waals surface area contributed by atoms with Crippen molar-refractivity contribution in [1.29, 1.82) is 0 Å². The number of anilines is 1. The van der Waals surface area contributed by atoms with Crippen LogP contribution in [-0.4, -0.2) is 48.2 Å². The highest BCUT2D eigenvalue weighted by molar-refractivity contribution is 7.51. The van der Waals surface area contributed by atoms with Gasteiger partial charge < -0.3 is 5.32 Å². The van der Waals surface area contributed by atoms with Gasteiger partial charge in [-0.3, -0.25) is 0 Å². The van der Waals surface area contributed by atoms with Crippen LogP contribution in [0.5, 0.6) is 0 Å². The number of rotatable bonds is 5. The average molecular weight is 427 g/mol. The van der Waals surface area contributed by atoms with Gasteiger partial charge in [0.15, 0.2) is 11.5 Å². The molecule has 0 fully saturated rings. The molecule has 3 aromatic heterocycles. The predicted molar refractivity (Wildman–Crippen MR) is 110 cm³/mol. The summed E-state index contributed by atoms with van der Waals surface area (Å²) in [4.78, 5) is 9.09. The zero-order valence-electron chi connectivity index (χ0n) is 17.0. The second-order valence-electron chi connectivity index (χ2n) is 6.79. The molecule has 1 N–H and O–H groups in total. The number of hydrogen-bond acceptors (Lipinski definition) is 9. The number of nitrogens with zero attached hydrogens (tertiary/aromatic N) is 8. The van der Waals surface area contributed by atoms with Gasteiger partial charge in [-0.25, -0.2) is 9.67 Å². The topological polar surface area (TPSA) is 133 Å². The van der Waals surface area contributed by atoms with E-state index < -0.39 is 11.6 Å². The molecule has 0 saturated carbocycles. The monoisotopic (exact) mass is 427 g/mol. The maximum absolute atomic E-state index is 8.29. The fourth-order valence-electron chi connectivity index (χ4n) is 3.05. The van der Waals surface area contributed by atoms with Crippen molar-refractivity contribution in [3.05, 3.63) is 47.4 Å². The predicted octanol–water partition coefficient (Wildman–Crippen LogP) is 1.69. The largest absolute Gasteiger partial charge is 0.350 e. The second kappa shape index (κ2) is 9.31. The molecule has 3 heterocycles. The number of tetrazole rings is 1. The number of nitrogens with one attached hydrogen (secondary N) is 1. The molecule has 0 amide bonds. The van der Waals surface area contributed by atoms with Crippen molar-refractivity contribution in [2.24, 2.45) is 7.05 Å². The van der Waals surface area contributed by atoms with Crippen molar-refractivity contribution in [1.82, 2.24) is 39.8 Å². The molecule has 30 heavy (non-hydrogen) atoms. The van der Waals surface area contributed by atoms with Gasteiger partial charge >= 0.3 is 11.6 Å². The van der Waals surface area contributed by atoms with E-state index in [1.807, 2.05) is 44.4 Å². The van der Waals surface area contributed by atoms with Crippen LogP contribution in [0.15, 0.2) is 30.5 Å². The third-order valence-corrected chi connectivity index (χ3v) is 4.44. The van der Waals surface area contributed by atoms with Gasteiger partial charge in [-0.15, -0.1) is 5.10 Å². The van der Waals surface area contributed by atoms with Crippen molar-refractivity contribution in [3.8, 4) is 11.4 Å². The first-order chi connectivity index (χ1) is 14.5. The molecule has 0 unspecified atom stereocenters. The standard InChI is InChI=1S/C18H21N9.O2S/c1-11(2)15-10-20-27-16(15)21-12(3)22-18(27)19-9-13-7-5-6-8-14(13)17-23-24-25-26(17)4;1-3-2/h5-8,10-11H,9H2,1-4H3,(H,19,21,22);. The van der Waals surface area contributed by atoms with Gasteiger partial charge in [0.05, 0.1) is 6.20 Å². The number of aromatic nitrogens is 8. The van der Waals surface area contributed by atoms with Crippen LogP contribution < -0.4 is 5.32 Å². The summed E-state index contributed by atoms with van der Waals surface area (Å²) < 4.78 is 20.0. The van der Waals surface area contributed by atoms with Crippen molar-refractivity contribution in [2.45, 2.75) is 33.2 Å². The summed E-state index contributed by atoms with van der Waals surface area (Å²) in [5.74, 6) is 2.43. The molecule has 12 heteroatoms. The van der Waals surface area contributed by atoms with E-state index in [4.69, 9.17) is 8.42 Å². The lowest BCUT2D eigenvalue weighted by molar-refractivity contribution is 0.630. The zero-order chi connectivity index (χ0) is 21.7. The molecule has 0 aliphatic rings. The molecule has 0 radical (unpaired) electrons. The van der Waals surface area contributed by atoms with Gasteiger partial charge in [0.25, 0.3) is 0 Å². The Hall–Kier alpha value is -3.54. The van der Waals surface area contributed by atoms with E-state index in [-0.39, 0.29) is 0 Å². The summed E-state index contributed by atoms with van der Waals surface area (Å²) in [6.45, 7) is 6.71. The van der Waals surface area contributed by atoms with Crippen molar-refractivity contribution in [2.75, 3.05) is 5.32 Å². The van der Waals surface area contributed by atoms with Crippen LogP contribution in [0.3, 0.4) is 0 Å². The Morgan fingerprint density at radius 2 is 1.90 bits per heavy atom. The highest BCUT2D eigenvalue weighted by Crippen LogP contribution is 2.23. The van der Waals surface area contributed by atoms with Gasteiger partial charge in [0.2, 0.25) is 5.95 Å². The van der Waals surface area contributed by atoms with E-state index in [2.05, 4.69) is 49.8 Å². The number of hydrogen-bond donors (Lipinski definition) is 1. The van der Waals surface area contributed by atoms with Crippen molar-refractivity contribution in [3.63, 3.8) is 0 Å². The summed E-state index contributed by atoms with van der Waals surface area (Å²) in [5, 5.41) is 19.6. The molecule has 1 aromatic carbocycles. The minimum absolute atomic E-state index is 0.341. The molecule has 0 saturated heterocycles. The molecular formula is C18H21N9O2S. The smallest absolute Gasteiger partial charge is 0.335 e. The number of benzene rings is 1. The summed E-state index contributed by atoms with van der Waals surface area (Å²) in [5.41, 5.74) is 3.99. The summed E-state index contributed by atoms with van der Waals surface area (Å²) in [6, 6.07) is 8.03. The summed E-state index contributed by atoms with van der Waals surface area (Å²) >= 11 is -0.750. The van der Waals surface area contributed by atoms with E-state index in [1.165, 1.54) is 0 Å². The first-order valence-electron chi connectivity index (χ1n) is 9.14. The number of aryl methyl sites for hydroxylation is 2. The van der Waals surface area contributed by atoms with Gasteiger partial charge in [-0.05, 0) is 28.8 Å². The Morgan fingerprint density at radius 1 is 1.17 bits per heavy atom. The molecule has 0 atom stereocenters. The van der Waals surface area contributed by atoms with Crippen molar-refractivity contribution < 1.29 is 8.42 Å². The van der Waals surface area contributed by atoms with Crippen LogP contribution in [0.4, 0.5) is 5.95 Å². The van der Waals surface area contributed by atoms with Crippen LogP contribution in [0.1, 0.15) is 36.7 Å². The first kappa shape index (κ1) is 21.2. The molecular weight excluding hydrogens is 406 g/mol. The van der Waals surface area contributed by atoms with E-state index in [1.54, 1.807) is 9.20 Å². The normalized spacial score (nSPS) is 10.7. The zero-order valence-corrected chi connectivity index (χ0v) is 17.8. The molecule has 156 valence electrons. The molecule has 0 bridgehead atoms. The Bertz CT molecular complexity index is 1200. The summed E-state index contributed by atoms with van der Waals surface area (Å²) in [6.07, 6.45) is 1.86. The van der Waals surface area contributed by atoms with Crippen LogP contribution in [0.2, 0.25) is 0 Å². The van der Waals surface area contributed by atoms with E-state index in [9.17, 15) is 0 Å². The average Bonchev–Trinajstić information content (AvgIpc) is 3.33. The Kier molecular flexibility index (Phi) is 6.57. The van der Waals surface area contributed by atoms with Crippen LogP contribution >= 0.6 is 0 Å². The van der Waals surface area contributed by atoms with Gasteiger partial charge in [-0.1, -0.05) is 38.1 Å². The molecule has 11 nitrogen and oxygen atoms in total. The quantitative estimate of drug-likeness (QED) is 0.505. The van der Waals surface area contributed by atoms with Gasteiger partial charge in [0, 0.05) is 24.7 Å².